The van der Waals surface area contributed by atoms with Crippen molar-refractivity contribution in [3.05, 3.63) is 23.8 Å². The van der Waals surface area contributed by atoms with E-state index in [-0.39, 0.29) is 35.5 Å². The first kappa shape index (κ1) is 25.7. The highest BCUT2D eigenvalue weighted by molar-refractivity contribution is 14.0. The van der Waals surface area contributed by atoms with Gasteiger partial charge in [-0.3, -0.25) is 0 Å². The van der Waals surface area contributed by atoms with E-state index in [1.165, 1.54) is 7.11 Å². The first-order valence-corrected chi connectivity index (χ1v) is 9.83. The largest absolute Gasteiger partial charge is 0.493 e. The minimum Gasteiger partial charge on any atom is -0.493 e. The highest BCUT2D eigenvalue weighted by Crippen LogP contribution is 2.29. The van der Waals surface area contributed by atoms with Gasteiger partial charge in [-0.15, -0.1) is 24.0 Å². The van der Waals surface area contributed by atoms with Crippen LogP contribution in [0.5, 0.6) is 11.5 Å². The van der Waals surface area contributed by atoms with E-state index in [0.29, 0.717) is 18.6 Å². The van der Waals surface area contributed by atoms with E-state index in [0.717, 1.165) is 44.0 Å². The number of hydrogen-bond acceptors (Lipinski definition) is 4. The molecule has 1 saturated heterocycles. The van der Waals surface area contributed by atoms with Crippen LogP contribution in [0.15, 0.2) is 23.2 Å². The molecule has 1 aromatic carbocycles. The Bertz CT molecular complexity index is 639. The third kappa shape index (κ3) is 8.49. The van der Waals surface area contributed by atoms with E-state index in [1.54, 1.807) is 18.2 Å². The predicted molar refractivity (Wildman–Crippen MR) is 123 cm³/mol. The molecule has 0 amide bonds. The van der Waals surface area contributed by atoms with Crippen LogP contribution in [0.3, 0.4) is 0 Å². The molecule has 0 bridgehead atoms. The fraction of sp³-hybridized carbons (Fsp3) is 0.650. The molecule has 0 unspecified atom stereocenters. The summed E-state index contributed by atoms with van der Waals surface area (Å²) in [5.41, 5.74) is 0.767. The normalized spacial score (nSPS) is 15.9. The standard InChI is InChI=1S/C20H32F2N4O2.HI/c1-5-23-20(25-16-8-10-26(11-9-16)14(2)3)24-13-15-6-7-17(27-4)18(12-15)28-19(21)22;/h6-7,12,14,16,19H,5,8-11,13H2,1-4H3,(H2,23,24,25);1H. The van der Waals surface area contributed by atoms with Gasteiger partial charge in [0.15, 0.2) is 17.5 Å². The van der Waals surface area contributed by atoms with E-state index in [9.17, 15) is 8.78 Å². The van der Waals surface area contributed by atoms with Crippen LogP contribution in [-0.4, -0.2) is 56.3 Å². The Kier molecular flexibility index (Phi) is 11.6. The van der Waals surface area contributed by atoms with Gasteiger partial charge in [-0.2, -0.15) is 8.78 Å². The molecular formula is C20H33F2IN4O2. The molecule has 29 heavy (non-hydrogen) atoms. The molecule has 0 spiro atoms. The number of rotatable bonds is 8. The maximum Gasteiger partial charge on any atom is 0.387 e. The average molecular weight is 526 g/mol. The second-order valence-corrected chi connectivity index (χ2v) is 7.11. The smallest absolute Gasteiger partial charge is 0.387 e. The van der Waals surface area contributed by atoms with Gasteiger partial charge in [0.2, 0.25) is 0 Å². The quantitative estimate of drug-likeness (QED) is 0.307. The van der Waals surface area contributed by atoms with Crippen molar-refractivity contribution < 1.29 is 18.3 Å². The van der Waals surface area contributed by atoms with Crippen molar-refractivity contribution >= 4 is 29.9 Å². The van der Waals surface area contributed by atoms with E-state index in [1.807, 2.05) is 6.92 Å². The third-order valence-electron chi connectivity index (χ3n) is 4.81. The predicted octanol–water partition coefficient (Wildman–Crippen LogP) is 3.84. The van der Waals surface area contributed by atoms with Crippen molar-refractivity contribution in [2.75, 3.05) is 26.7 Å². The van der Waals surface area contributed by atoms with Gasteiger partial charge < -0.3 is 25.0 Å². The minimum absolute atomic E-state index is 0. The molecule has 0 saturated carbocycles. The van der Waals surface area contributed by atoms with Gasteiger partial charge in [-0.05, 0) is 51.3 Å². The maximum absolute atomic E-state index is 12.6. The van der Waals surface area contributed by atoms with Crippen LogP contribution in [0.2, 0.25) is 0 Å². The number of benzene rings is 1. The fourth-order valence-corrected chi connectivity index (χ4v) is 3.25. The number of piperidine rings is 1. The summed E-state index contributed by atoms with van der Waals surface area (Å²) in [6.07, 6.45) is 2.13. The van der Waals surface area contributed by atoms with E-state index in [2.05, 4.69) is 39.1 Å². The first-order chi connectivity index (χ1) is 13.4. The van der Waals surface area contributed by atoms with Crippen molar-refractivity contribution in [3.8, 4) is 11.5 Å². The minimum atomic E-state index is -2.90. The molecule has 1 aliphatic rings. The Morgan fingerprint density at radius 2 is 1.93 bits per heavy atom. The molecule has 0 atom stereocenters. The summed E-state index contributed by atoms with van der Waals surface area (Å²) in [6.45, 7) is 6.80. The zero-order valence-corrected chi connectivity index (χ0v) is 19.9. The number of nitrogens with one attached hydrogen (secondary N) is 2. The molecule has 0 radical (unpaired) electrons. The molecule has 166 valence electrons. The lowest BCUT2D eigenvalue weighted by Gasteiger charge is -2.35. The first-order valence-electron chi connectivity index (χ1n) is 9.83. The van der Waals surface area contributed by atoms with Gasteiger partial charge >= 0.3 is 6.61 Å². The lowest BCUT2D eigenvalue weighted by Crippen LogP contribution is -2.49. The van der Waals surface area contributed by atoms with Crippen molar-refractivity contribution in [2.24, 2.45) is 4.99 Å². The van der Waals surface area contributed by atoms with Crippen molar-refractivity contribution in [3.63, 3.8) is 0 Å². The topological polar surface area (TPSA) is 58.1 Å². The zero-order chi connectivity index (χ0) is 20.5. The van der Waals surface area contributed by atoms with Crippen molar-refractivity contribution in [1.29, 1.82) is 0 Å². The van der Waals surface area contributed by atoms with Crippen LogP contribution >= 0.6 is 24.0 Å². The fourth-order valence-electron chi connectivity index (χ4n) is 3.25. The maximum atomic E-state index is 12.6. The summed E-state index contributed by atoms with van der Waals surface area (Å²) in [4.78, 5) is 7.08. The number of alkyl halides is 2. The number of hydrogen-bond donors (Lipinski definition) is 2. The third-order valence-corrected chi connectivity index (χ3v) is 4.81. The molecule has 2 rings (SSSR count). The van der Waals surface area contributed by atoms with Crippen LogP contribution in [0.1, 0.15) is 39.2 Å². The molecule has 2 N–H and O–H groups in total. The Morgan fingerprint density at radius 3 is 2.48 bits per heavy atom. The number of likely N-dealkylation sites (tertiary alicyclic amines) is 1. The highest BCUT2D eigenvalue weighted by atomic mass is 127. The second-order valence-electron chi connectivity index (χ2n) is 7.11. The van der Waals surface area contributed by atoms with Gasteiger partial charge in [0, 0.05) is 31.7 Å². The van der Waals surface area contributed by atoms with Gasteiger partial charge in [0.1, 0.15) is 0 Å². The number of methoxy groups -OCH3 is 1. The van der Waals surface area contributed by atoms with E-state index < -0.39 is 6.61 Å². The Balaban J connectivity index is 0.00000420. The number of aliphatic imine (C=N–C) groups is 1. The molecule has 1 fully saturated rings. The monoisotopic (exact) mass is 526 g/mol. The lowest BCUT2D eigenvalue weighted by atomic mass is 10.0. The summed E-state index contributed by atoms with van der Waals surface area (Å²) in [5, 5.41) is 6.75. The SMILES string of the molecule is CCNC(=NCc1ccc(OC)c(OC(F)F)c1)NC1CCN(C(C)C)CC1.I. The van der Waals surface area contributed by atoms with Crippen LogP contribution in [0.25, 0.3) is 0 Å². The lowest BCUT2D eigenvalue weighted by molar-refractivity contribution is -0.0512. The number of guanidine groups is 1. The number of ether oxygens (including phenoxy) is 2. The second kappa shape index (κ2) is 13.0. The summed E-state index contributed by atoms with van der Waals surface area (Å²) in [5.74, 6) is 1.02. The Morgan fingerprint density at radius 1 is 1.24 bits per heavy atom. The molecule has 6 nitrogen and oxygen atoms in total. The Labute approximate surface area is 189 Å². The van der Waals surface area contributed by atoms with Gasteiger partial charge in [-0.1, -0.05) is 6.07 Å². The zero-order valence-electron chi connectivity index (χ0n) is 17.6. The Hall–Kier alpha value is -1.36. The van der Waals surface area contributed by atoms with Crippen LogP contribution < -0.4 is 20.1 Å². The van der Waals surface area contributed by atoms with E-state index >= 15 is 0 Å². The van der Waals surface area contributed by atoms with Gasteiger partial charge in [-0.25, -0.2) is 4.99 Å². The number of halogens is 3. The molecule has 0 aromatic heterocycles. The molecule has 9 heteroatoms. The highest BCUT2D eigenvalue weighted by Gasteiger charge is 2.21. The molecule has 0 aliphatic carbocycles. The molecular weight excluding hydrogens is 493 g/mol. The summed E-state index contributed by atoms with van der Waals surface area (Å²) < 4.78 is 34.8. The average Bonchev–Trinajstić information content (AvgIpc) is 2.66. The molecule has 1 aromatic rings. The van der Waals surface area contributed by atoms with Crippen molar-refractivity contribution in [1.82, 2.24) is 15.5 Å². The summed E-state index contributed by atoms with van der Waals surface area (Å²) in [7, 11) is 1.42. The van der Waals surface area contributed by atoms with Gasteiger partial charge in [0.05, 0.1) is 13.7 Å². The van der Waals surface area contributed by atoms with Crippen molar-refractivity contribution in [2.45, 2.75) is 58.9 Å². The summed E-state index contributed by atoms with van der Waals surface area (Å²) >= 11 is 0. The summed E-state index contributed by atoms with van der Waals surface area (Å²) in [6, 6.07) is 5.90. The van der Waals surface area contributed by atoms with Gasteiger partial charge in [0.25, 0.3) is 0 Å². The molecule has 1 aliphatic heterocycles. The van der Waals surface area contributed by atoms with Crippen LogP contribution in [-0.2, 0) is 6.54 Å². The molecule has 1 heterocycles. The van der Waals surface area contributed by atoms with Crippen LogP contribution in [0, 0.1) is 0 Å². The van der Waals surface area contributed by atoms with E-state index in [4.69, 9.17) is 4.74 Å². The van der Waals surface area contributed by atoms with Crippen LogP contribution in [0.4, 0.5) is 8.78 Å². The number of nitrogens with zero attached hydrogens (tertiary/aromatic N) is 2.